The number of aryl methyl sites for hydroxylation is 3. The Hall–Kier alpha value is -3.43. The van der Waals surface area contributed by atoms with E-state index in [2.05, 4.69) is 4.98 Å². The average Bonchev–Trinajstić information content (AvgIpc) is 3.22. The number of hydrogen-bond donors (Lipinski definition) is 0. The van der Waals surface area contributed by atoms with E-state index in [0.29, 0.717) is 16.7 Å². The fourth-order valence-corrected chi connectivity index (χ4v) is 3.01. The lowest BCUT2D eigenvalue weighted by atomic mass is 10.2. The summed E-state index contributed by atoms with van der Waals surface area (Å²) in [5, 5.41) is 0. The van der Waals surface area contributed by atoms with Crippen LogP contribution in [-0.2, 0) is 32.4 Å². The standard InChI is InChI=1S/C18H21N5O5/c1-11(24)12-8-13(20(2)9-12)17(26)28-7-5-6-23-16(25)14-15(19-10-21(14)3)22(4)18(23)27/h8-10H,5-7H2,1-4H3. The fraction of sp³-hybridized carbons (Fsp3) is 0.389. The van der Waals surface area contributed by atoms with Crippen molar-refractivity contribution in [2.24, 2.45) is 21.1 Å². The molecule has 3 heterocycles. The van der Waals surface area contributed by atoms with Crippen molar-refractivity contribution in [3.8, 4) is 0 Å². The van der Waals surface area contributed by atoms with Gasteiger partial charge in [-0.15, -0.1) is 0 Å². The van der Waals surface area contributed by atoms with Crippen LogP contribution in [0.5, 0.6) is 0 Å². The van der Waals surface area contributed by atoms with Gasteiger partial charge in [0.25, 0.3) is 5.56 Å². The summed E-state index contributed by atoms with van der Waals surface area (Å²) in [5.41, 5.74) is 0.433. The number of fused-ring (bicyclic) bond motifs is 1. The SMILES string of the molecule is CC(=O)c1cc(C(=O)OCCCn2c(=O)c3c(ncn3C)n(C)c2=O)n(C)c1. The maximum absolute atomic E-state index is 12.6. The van der Waals surface area contributed by atoms with Gasteiger partial charge in [-0.1, -0.05) is 0 Å². The van der Waals surface area contributed by atoms with Crippen molar-refractivity contribution in [3.05, 3.63) is 50.7 Å². The van der Waals surface area contributed by atoms with Gasteiger partial charge in [-0.25, -0.2) is 14.6 Å². The Kier molecular flexibility index (Phi) is 5.04. The van der Waals surface area contributed by atoms with Crippen molar-refractivity contribution in [2.75, 3.05) is 6.61 Å². The minimum atomic E-state index is -0.572. The number of ketones is 1. The Morgan fingerprint density at radius 2 is 1.86 bits per heavy atom. The second-order valence-corrected chi connectivity index (χ2v) is 6.60. The fourth-order valence-electron chi connectivity index (χ4n) is 3.01. The van der Waals surface area contributed by atoms with Crippen molar-refractivity contribution in [1.29, 1.82) is 0 Å². The van der Waals surface area contributed by atoms with Gasteiger partial charge in [0.2, 0.25) is 0 Å². The smallest absolute Gasteiger partial charge is 0.354 e. The molecular formula is C18H21N5O5. The monoisotopic (exact) mass is 387 g/mol. The first kappa shape index (κ1) is 19.3. The Morgan fingerprint density at radius 1 is 1.14 bits per heavy atom. The Bertz CT molecular complexity index is 1190. The van der Waals surface area contributed by atoms with Gasteiger partial charge in [-0.3, -0.25) is 18.7 Å². The highest BCUT2D eigenvalue weighted by Crippen LogP contribution is 2.10. The molecule has 0 aromatic carbocycles. The number of carbonyl (C=O) groups is 2. The molecule has 0 bridgehead atoms. The van der Waals surface area contributed by atoms with Gasteiger partial charge in [-0.2, -0.15) is 0 Å². The first-order valence-corrected chi connectivity index (χ1v) is 8.67. The molecule has 0 saturated carbocycles. The second kappa shape index (κ2) is 7.29. The first-order valence-electron chi connectivity index (χ1n) is 8.67. The van der Waals surface area contributed by atoms with E-state index in [9.17, 15) is 19.2 Å². The third-order valence-corrected chi connectivity index (χ3v) is 4.58. The van der Waals surface area contributed by atoms with E-state index in [-0.39, 0.29) is 31.0 Å². The predicted octanol–water partition coefficient (Wildman–Crippen LogP) is 0.222. The summed E-state index contributed by atoms with van der Waals surface area (Å²) in [6, 6.07) is 1.47. The summed E-state index contributed by atoms with van der Waals surface area (Å²) >= 11 is 0. The summed E-state index contributed by atoms with van der Waals surface area (Å²) in [5.74, 6) is -0.715. The zero-order chi connectivity index (χ0) is 20.6. The predicted molar refractivity (Wildman–Crippen MR) is 101 cm³/mol. The molecule has 0 atom stereocenters. The van der Waals surface area contributed by atoms with Gasteiger partial charge in [-0.05, 0) is 19.4 Å². The molecule has 0 N–H and O–H groups in total. The van der Waals surface area contributed by atoms with E-state index in [1.165, 1.54) is 28.5 Å². The number of aromatic nitrogens is 5. The molecule has 0 fully saturated rings. The lowest BCUT2D eigenvalue weighted by molar-refractivity contribution is 0.0484. The van der Waals surface area contributed by atoms with Crippen LogP contribution in [0.2, 0.25) is 0 Å². The number of Topliss-reactive ketones (excluding diaryl/α,β-unsaturated/α-hetero) is 1. The van der Waals surface area contributed by atoms with Crippen LogP contribution >= 0.6 is 0 Å². The van der Waals surface area contributed by atoms with Gasteiger partial charge >= 0.3 is 11.7 Å². The maximum Gasteiger partial charge on any atom is 0.354 e. The van der Waals surface area contributed by atoms with Crippen molar-refractivity contribution >= 4 is 22.9 Å². The quantitative estimate of drug-likeness (QED) is 0.340. The van der Waals surface area contributed by atoms with Crippen molar-refractivity contribution in [2.45, 2.75) is 19.9 Å². The van der Waals surface area contributed by atoms with E-state index in [1.807, 2.05) is 0 Å². The summed E-state index contributed by atoms with van der Waals surface area (Å²) in [7, 11) is 4.88. The molecule has 3 aromatic rings. The van der Waals surface area contributed by atoms with Crippen molar-refractivity contribution in [1.82, 2.24) is 23.3 Å². The molecule has 148 valence electrons. The third kappa shape index (κ3) is 3.28. The van der Waals surface area contributed by atoms with Gasteiger partial charge in [0.15, 0.2) is 16.9 Å². The number of rotatable bonds is 6. The highest BCUT2D eigenvalue weighted by atomic mass is 16.5. The van der Waals surface area contributed by atoms with E-state index < -0.39 is 17.2 Å². The molecule has 10 nitrogen and oxygen atoms in total. The molecule has 0 aliphatic rings. The summed E-state index contributed by atoms with van der Waals surface area (Å²) < 4.78 is 10.7. The van der Waals surface area contributed by atoms with E-state index in [4.69, 9.17) is 4.74 Å². The van der Waals surface area contributed by atoms with Gasteiger partial charge in [0.1, 0.15) is 5.69 Å². The molecule has 0 amide bonds. The van der Waals surface area contributed by atoms with E-state index in [0.717, 1.165) is 4.57 Å². The summed E-state index contributed by atoms with van der Waals surface area (Å²) in [4.78, 5) is 52.7. The zero-order valence-electron chi connectivity index (χ0n) is 16.1. The molecule has 0 saturated heterocycles. The Balaban J connectivity index is 1.70. The first-order chi connectivity index (χ1) is 13.2. The number of imidazole rings is 1. The van der Waals surface area contributed by atoms with Gasteiger partial charge < -0.3 is 13.9 Å². The highest BCUT2D eigenvalue weighted by Gasteiger charge is 2.16. The molecular weight excluding hydrogens is 366 g/mol. The third-order valence-electron chi connectivity index (χ3n) is 4.58. The Morgan fingerprint density at radius 3 is 2.50 bits per heavy atom. The van der Waals surface area contributed by atoms with Crippen LogP contribution in [0.4, 0.5) is 0 Å². The second-order valence-electron chi connectivity index (χ2n) is 6.60. The number of carbonyl (C=O) groups excluding carboxylic acids is 2. The van der Waals surface area contributed by atoms with Crippen molar-refractivity contribution < 1.29 is 14.3 Å². The maximum atomic E-state index is 12.6. The molecule has 3 aromatic heterocycles. The minimum Gasteiger partial charge on any atom is -0.461 e. The largest absolute Gasteiger partial charge is 0.461 e. The van der Waals surface area contributed by atoms with E-state index >= 15 is 0 Å². The van der Waals surface area contributed by atoms with Crippen LogP contribution in [0.25, 0.3) is 11.2 Å². The molecule has 0 aliphatic carbocycles. The molecule has 28 heavy (non-hydrogen) atoms. The zero-order valence-corrected chi connectivity index (χ0v) is 16.1. The lowest BCUT2D eigenvalue weighted by Gasteiger charge is -2.09. The summed E-state index contributed by atoms with van der Waals surface area (Å²) in [6.45, 7) is 1.55. The normalized spacial score (nSPS) is 11.1. The minimum absolute atomic E-state index is 0.0262. The average molecular weight is 387 g/mol. The molecule has 0 aliphatic heterocycles. The van der Waals surface area contributed by atoms with E-state index in [1.54, 1.807) is 31.9 Å². The molecule has 3 rings (SSSR count). The van der Waals surface area contributed by atoms with Gasteiger partial charge in [0, 0.05) is 39.4 Å². The van der Waals surface area contributed by atoms with Gasteiger partial charge in [0.05, 0.1) is 12.9 Å². The molecule has 0 unspecified atom stereocenters. The summed E-state index contributed by atoms with van der Waals surface area (Å²) in [6.07, 6.45) is 3.33. The lowest BCUT2D eigenvalue weighted by Crippen LogP contribution is -2.39. The molecule has 0 spiro atoms. The van der Waals surface area contributed by atoms with Crippen LogP contribution in [0, 0.1) is 0 Å². The number of ether oxygens (including phenoxy) is 1. The highest BCUT2D eigenvalue weighted by molar-refractivity contribution is 5.97. The van der Waals surface area contributed by atoms with Crippen LogP contribution < -0.4 is 11.2 Å². The van der Waals surface area contributed by atoms with Crippen LogP contribution in [-0.4, -0.2) is 41.6 Å². The van der Waals surface area contributed by atoms with Crippen LogP contribution in [0.15, 0.2) is 28.2 Å². The van der Waals surface area contributed by atoms with Crippen molar-refractivity contribution in [3.63, 3.8) is 0 Å². The molecule has 0 radical (unpaired) electrons. The molecule has 10 heteroatoms. The Labute approximate surface area is 159 Å². The van der Waals surface area contributed by atoms with Crippen LogP contribution in [0.3, 0.4) is 0 Å². The number of hydrogen-bond acceptors (Lipinski definition) is 6. The number of esters is 1. The van der Waals surface area contributed by atoms with Crippen LogP contribution in [0.1, 0.15) is 34.2 Å². The number of nitrogens with zero attached hydrogens (tertiary/aromatic N) is 5. The topological polar surface area (TPSA) is 110 Å².